The van der Waals surface area contributed by atoms with Crippen molar-refractivity contribution in [2.75, 3.05) is 0 Å². The molecule has 0 radical (unpaired) electrons. The summed E-state index contributed by atoms with van der Waals surface area (Å²) in [6.45, 7) is 3.16. The summed E-state index contributed by atoms with van der Waals surface area (Å²) in [5, 5.41) is 16.2. The molecule has 1 rings (SSSR count). The van der Waals surface area contributed by atoms with Gasteiger partial charge in [-0.3, -0.25) is 15.3 Å². The Hall–Kier alpha value is -1.65. The van der Waals surface area contributed by atoms with Crippen molar-refractivity contribution >= 4 is 11.7 Å². The average Bonchev–Trinajstić information content (AvgIpc) is 2.33. The summed E-state index contributed by atoms with van der Waals surface area (Å²) < 4.78 is 0. The maximum absolute atomic E-state index is 10.6. The van der Waals surface area contributed by atoms with Crippen molar-refractivity contribution < 1.29 is 4.79 Å². The van der Waals surface area contributed by atoms with Crippen molar-refractivity contribution in [1.82, 2.24) is 15.5 Å². The van der Waals surface area contributed by atoms with Crippen molar-refractivity contribution in [2.24, 2.45) is 0 Å². The number of hydrogen-bond donors (Lipinski definition) is 3. The number of amidine groups is 1. The van der Waals surface area contributed by atoms with Gasteiger partial charge in [0.05, 0.1) is 11.8 Å². The molecular weight excluding hydrogens is 156 g/mol. The van der Waals surface area contributed by atoms with Crippen molar-refractivity contribution in [3.8, 4) is 0 Å². The van der Waals surface area contributed by atoms with Gasteiger partial charge in [-0.25, -0.2) is 0 Å². The number of amides is 1. The lowest BCUT2D eigenvalue weighted by atomic mass is 10.2. The van der Waals surface area contributed by atoms with Crippen LogP contribution in [0, 0.1) is 12.3 Å². The summed E-state index contributed by atoms with van der Waals surface area (Å²) in [4.78, 5) is 10.6. The normalized spacial score (nSPS) is 9.50. The predicted molar refractivity (Wildman–Crippen MR) is 44.0 cm³/mol. The van der Waals surface area contributed by atoms with Gasteiger partial charge in [-0.1, -0.05) is 0 Å². The van der Waals surface area contributed by atoms with E-state index < -0.39 is 0 Å². The van der Waals surface area contributed by atoms with Crippen molar-refractivity contribution in [3.05, 3.63) is 17.5 Å². The van der Waals surface area contributed by atoms with E-state index >= 15 is 0 Å². The number of aromatic nitrogens is 2. The zero-order valence-corrected chi connectivity index (χ0v) is 6.93. The van der Waals surface area contributed by atoms with Gasteiger partial charge in [0, 0.05) is 12.6 Å². The second-order valence-corrected chi connectivity index (χ2v) is 2.46. The Bertz CT molecular complexity index is 315. The molecule has 0 atom stereocenters. The maximum atomic E-state index is 10.6. The molecule has 1 amide bonds. The van der Waals surface area contributed by atoms with Crippen LogP contribution in [0.4, 0.5) is 0 Å². The van der Waals surface area contributed by atoms with E-state index in [1.807, 2.05) is 0 Å². The Morgan fingerprint density at radius 3 is 2.83 bits per heavy atom. The van der Waals surface area contributed by atoms with E-state index in [-0.39, 0.29) is 11.7 Å². The van der Waals surface area contributed by atoms with Crippen LogP contribution in [-0.4, -0.2) is 21.9 Å². The van der Waals surface area contributed by atoms with Crippen molar-refractivity contribution in [3.63, 3.8) is 0 Å². The van der Waals surface area contributed by atoms with Gasteiger partial charge in [-0.05, 0) is 6.92 Å². The fourth-order valence-electron chi connectivity index (χ4n) is 0.846. The summed E-state index contributed by atoms with van der Waals surface area (Å²) in [5.74, 6) is -0.172. The molecule has 0 aromatic carbocycles. The average molecular weight is 166 g/mol. The molecule has 5 heteroatoms. The van der Waals surface area contributed by atoms with Crippen LogP contribution in [0.15, 0.2) is 6.20 Å². The first-order valence-electron chi connectivity index (χ1n) is 3.47. The van der Waals surface area contributed by atoms with E-state index in [1.54, 1.807) is 6.92 Å². The lowest BCUT2D eigenvalue weighted by Crippen LogP contribution is -2.28. The topological polar surface area (TPSA) is 81.6 Å². The van der Waals surface area contributed by atoms with Crippen LogP contribution in [0.25, 0.3) is 0 Å². The molecular formula is C7H10N4O. The molecule has 0 saturated heterocycles. The van der Waals surface area contributed by atoms with Gasteiger partial charge in [-0.15, -0.1) is 0 Å². The van der Waals surface area contributed by atoms with Gasteiger partial charge >= 0.3 is 0 Å². The third-order valence-corrected chi connectivity index (χ3v) is 1.40. The van der Waals surface area contributed by atoms with Crippen molar-refractivity contribution in [2.45, 2.75) is 13.8 Å². The van der Waals surface area contributed by atoms with E-state index in [0.29, 0.717) is 5.56 Å². The Morgan fingerprint density at radius 1 is 1.75 bits per heavy atom. The first kappa shape index (κ1) is 8.45. The zero-order valence-electron chi connectivity index (χ0n) is 6.93. The Kier molecular flexibility index (Phi) is 2.23. The first-order chi connectivity index (χ1) is 5.61. The molecule has 0 aliphatic rings. The highest BCUT2D eigenvalue weighted by molar-refractivity contribution is 6.06. The molecule has 0 aliphatic heterocycles. The molecule has 5 nitrogen and oxygen atoms in total. The summed E-state index contributed by atoms with van der Waals surface area (Å²) >= 11 is 0. The number of H-pyrrole nitrogens is 1. The fraction of sp³-hybridized carbons (Fsp3) is 0.286. The highest BCUT2D eigenvalue weighted by Crippen LogP contribution is 2.00. The van der Waals surface area contributed by atoms with Crippen LogP contribution >= 0.6 is 0 Å². The summed E-state index contributed by atoms with van der Waals surface area (Å²) in [6, 6.07) is 0. The lowest BCUT2D eigenvalue weighted by molar-refractivity contribution is -0.117. The van der Waals surface area contributed by atoms with Gasteiger partial charge in [0.2, 0.25) is 5.91 Å². The third-order valence-electron chi connectivity index (χ3n) is 1.40. The van der Waals surface area contributed by atoms with Crippen LogP contribution < -0.4 is 5.32 Å². The minimum absolute atomic E-state index is 0.0775. The molecule has 1 aromatic rings. The number of carbonyl (C=O) groups is 1. The zero-order chi connectivity index (χ0) is 9.14. The van der Waals surface area contributed by atoms with E-state index in [9.17, 15) is 4.79 Å². The third kappa shape index (κ3) is 1.69. The highest BCUT2D eigenvalue weighted by atomic mass is 16.1. The minimum Gasteiger partial charge on any atom is -0.311 e. The van der Waals surface area contributed by atoms with Gasteiger partial charge < -0.3 is 5.32 Å². The molecule has 0 spiro atoms. The minimum atomic E-state index is -0.249. The SMILES string of the molecule is CC(=O)NC(=N)c1cn[nH]c1C. The molecule has 0 unspecified atom stereocenters. The monoisotopic (exact) mass is 166 g/mol. The fourth-order valence-corrected chi connectivity index (χ4v) is 0.846. The van der Waals surface area contributed by atoms with E-state index in [2.05, 4.69) is 15.5 Å². The first-order valence-corrected chi connectivity index (χ1v) is 3.47. The molecule has 3 N–H and O–H groups in total. The summed E-state index contributed by atoms with van der Waals surface area (Å²) in [6.07, 6.45) is 1.51. The predicted octanol–water partition coefficient (Wildman–Crippen LogP) is 0.180. The number of nitrogens with zero attached hydrogens (tertiary/aromatic N) is 1. The number of rotatable bonds is 1. The van der Waals surface area contributed by atoms with E-state index in [0.717, 1.165) is 5.69 Å². The molecule has 0 fully saturated rings. The van der Waals surface area contributed by atoms with Gasteiger partial charge in [0.25, 0.3) is 0 Å². The molecule has 0 saturated carbocycles. The summed E-state index contributed by atoms with van der Waals surface area (Å²) in [7, 11) is 0. The highest BCUT2D eigenvalue weighted by Gasteiger charge is 2.07. The number of carbonyl (C=O) groups excluding carboxylic acids is 1. The standard InChI is InChI=1S/C7H10N4O/c1-4-6(3-9-11-4)7(8)10-5(2)12/h3H,1-2H3,(H,9,11)(H2,8,10,12). The number of hydrogen-bond acceptors (Lipinski definition) is 3. The van der Waals surface area contributed by atoms with Gasteiger partial charge in [0.15, 0.2) is 0 Å². The number of nitrogens with one attached hydrogen (secondary N) is 3. The van der Waals surface area contributed by atoms with Crippen LogP contribution in [0.5, 0.6) is 0 Å². The number of aromatic amines is 1. The molecule has 0 bridgehead atoms. The molecule has 1 aromatic heterocycles. The van der Waals surface area contributed by atoms with Crippen LogP contribution in [-0.2, 0) is 4.79 Å². The maximum Gasteiger partial charge on any atom is 0.222 e. The van der Waals surface area contributed by atoms with E-state index in [1.165, 1.54) is 13.1 Å². The molecule has 0 aliphatic carbocycles. The summed E-state index contributed by atoms with van der Waals surface area (Å²) in [5.41, 5.74) is 1.39. The van der Waals surface area contributed by atoms with Crippen LogP contribution in [0.1, 0.15) is 18.2 Å². The lowest BCUT2D eigenvalue weighted by Gasteiger charge is -2.01. The molecule has 12 heavy (non-hydrogen) atoms. The Morgan fingerprint density at radius 2 is 2.42 bits per heavy atom. The van der Waals surface area contributed by atoms with Crippen LogP contribution in [0.3, 0.4) is 0 Å². The molecule has 1 heterocycles. The Balaban J connectivity index is 2.78. The largest absolute Gasteiger partial charge is 0.311 e. The van der Waals surface area contributed by atoms with Gasteiger partial charge in [0.1, 0.15) is 5.84 Å². The van der Waals surface area contributed by atoms with Gasteiger partial charge in [-0.2, -0.15) is 5.10 Å². The van der Waals surface area contributed by atoms with E-state index in [4.69, 9.17) is 5.41 Å². The second kappa shape index (κ2) is 3.17. The Labute approximate surface area is 69.7 Å². The number of aryl methyl sites for hydroxylation is 1. The second-order valence-electron chi connectivity index (χ2n) is 2.46. The van der Waals surface area contributed by atoms with Crippen molar-refractivity contribution in [1.29, 1.82) is 5.41 Å². The molecule has 64 valence electrons. The van der Waals surface area contributed by atoms with Crippen LogP contribution in [0.2, 0.25) is 0 Å². The smallest absolute Gasteiger partial charge is 0.222 e. The quantitative estimate of drug-likeness (QED) is 0.411.